The summed E-state index contributed by atoms with van der Waals surface area (Å²) in [6.07, 6.45) is 0. The van der Waals surface area contributed by atoms with Gasteiger partial charge in [-0.05, 0) is 37.6 Å². The third kappa shape index (κ3) is 5.27. The number of thiophene rings is 1. The SMILES string of the molecule is CCNC(=NCc1ccc(C)s1)NCC(C)c1ccccc1OC. The van der Waals surface area contributed by atoms with Crippen molar-refractivity contribution in [3.05, 3.63) is 51.7 Å². The topological polar surface area (TPSA) is 45.7 Å². The van der Waals surface area contributed by atoms with Crippen LogP contribution in [-0.2, 0) is 6.54 Å². The molecule has 1 aromatic carbocycles. The first kappa shape index (κ1) is 18.3. The normalized spacial score (nSPS) is 12.8. The number of para-hydroxylation sites is 1. The van der Waals surface area contributed by atoms with Crippen molar-refractivity contribution in [2.75, 3.05) is 20.2 Å². The average Bonchev–Trinajstić information content (AvgIpc) is 3.02. The number of nitrogens with one attached hydrogen (secondary N) is 2. The van der Waals surface area contributed by atoms with Gasteiger partial charge in [0.2, 0.25) is 0 Å². The van der Waals surface area contributed by atoms with Crippen LogP contribution in [-0.4, -0.2) is 26.2 Å². The van der Waals surface area contributed by atoms with Gasteiger partial charge in [0.15, 0.2) is 5.96 Å². The molecule has 2 N–H and O–H groups in total. The standard InChI is InChI=1S/C19H27N3OS/c1-5-20-19(22-13-16-11-10-15(3)24-16)21-12-14(2)17-8-6-7-9-18(17)23-4/h6-11,14H,5,12-13H2,1-4H3,(H2,20,21,22). The fourth-order valence-corrected chi connectivity index (χ4v) is 3.32. The molecule has 130 valence electrons. The van der Waals surface area contributed by atoms with Crippen LogP contribution in [0.5, 0.6) is 5.75 Å². The number of rotatable bonds is 7. The first-order valence-corrected chi connectivity index (χ1v) is 9.16. The number of benzene rings is 1. The van der Waals surface area contributed by atoms with Crippen molar-refractivity contribution in [3.8, 4) is 5.75 Å². The molecule has 2 aromatic rings. The van der Waals surface area contributed by atoms with Gasteiger partial charge in [0.25, 0.3) is 0 Å². The van der Waals surface area contributed by atoms with Gasteiger partial charge in [0.1, 0.15) is 5.75 Å². The van der Waals surface area contributed by atoms with Gasteiger partial charge in [-0.15, -0.1) is 11.3 Å². The van der Waals surface area contributed by atoms with E-state index in [9.17, 15) is 0 Å². The summed E-state index contributed by atoms with van der Waals surface area (Å²) < 4.78 is 5.46. The molecule has 2 rings (SSSR count). The van der Waals surface area contributed by atoms with E-state index in [1.807, 2.05) is 18.2 Å². The predicted octanol–water partition coefficient (Wildman–Crippen LogP) is 3.92. The quantitative estimate of drug-likeness (QED) is 0.590. The summed E-state index contributed by atoms with van der Waals surface area (Å²) in [7, 11) is 1.72. The van der Waals surface area contributed by atoms with E-state index >= 15 is 0 Å². The Bertz CT molecular complexity index is 666. The van der Waals surface area contributed by atoms with E-state index in [0.29, 0.717) is 12.5 Å². The number of nitrogens with zero attached hydrogens (tertiary/aromatic N) is 1. The minimum absolute atomic E-state index is 0.328. The van der Waals surface area contributed by atoms with Crippen molar-refractivity contribution >= 4 is 17.3 Å². The van der Waals surface area contributed by atoms with Gasteiger partial charge in [-0.1, -0.05) is 25.1 Å². The maximum absolute atomic E-state index is 5.46. The van der Waals surface area contributed by atoms with Gasteiger partial charge >= 0.3 is 0 Å². The lowest BCUT2D eigenvalue weighted by Gasteiger charge is -2.18. The molecular weight excluding hydrogens is 318 g/mol. The van der Waals surface area contributed by atoms with E-state index in [0.717, 1.165) is 24.8 Å². The summed E-state index contributed by atoms with van der Waals surface area (Å²) in [6, 6.07) is 12.4. The Kier molecular flexibility index (Phi) is 7.12. The summed E-state index contributed by atoms with van der Waals surface area (Å²) in [4.78, 5) is 7.28. The fourth-order valence-electron chi connectivity index (χ4n) is 2.50. The third-order valence-electron chi connectivity index (χ3n) is 3.78. The highest BCUT2D eigenvalue weighted by Crippen LogP contribution is 2.25. The molecule has 1 heterocycles. The largest absolute Gasteiger partial charge is 0.496 e. The summed E-state index contributed by atoms with van der Waals surface area (Å²) in [6.45, 7) is 8.74. The highest BCUT2D eigenvalue weighted by Gasteiger charge is 2.11. The molecule has 0 aliphatic heterocycles. The Balaban J connectivity index is 1.97. The van der Waals surface area contributed by atoms with Crippen molar-refractivity contribution in [2.45, 2.75) is 33.2 Å². The molecule has 1 atom stereocenters. The predicted molar refractivity (Wildman–Crippen MR) is 103 cm³/mol. The molecule has 4 nitrogen and oxygen atoms in total. The smallest absolute Gasteiger partial charge is 0.191 e. The Labute approximate surface area is 149 Å². The van der Waals surface area contributed by atoms with Crippen molar-refractivity contribution < 1.29 is 4.74 Å². The lowest BCUT2D eigenvalue weighted by molar-refractivity contribution is 0.406. The van der Waals surface area contributed by atoms with Gasteiger partial charge in [0.05, 0.1) is 13.7 Å². The number of hydrogen-bond acceptors (Lipinski definition) is 3. The lowest BCUT2D eigenvalue weighted by atomic mass is 10.0. The van der Waals surface area contributed by atoms with Crippen molar-refractivity contribution in [1.82, 2.24) is 10.6 Å². The maximum atomic E-state index is 5.46. The van der Waals surface area contributed by atoms with Gasteiger partial charge in [0, 0.05) is 28.8 Å². The van der Waals surface area contributed by atoms with Gasteiger partial charge < -0.3 is 15.4 Å². The number of aliphatic imine (C=N–C) groups is 1. The average molecular weight is 346 g/mol. The number of hydrogen-bond donors (Lipinski definition) is 2. The van der Waals surface area contributed by atoms with E-state index in [2.05, 4.69) is 54.6 Å². The molecule has 0 bridgehead atoms. The number of ether oxygens (including phenoxy) is 1. The zero-order valence-electron chi connectivity index (χ0n) is 14.9. The molecule has 0 saturated carbocycles. The van der Waals surface area contributed by atoms with Crippen LogP contribution in [0.3, 0.4) is 0 Å². The van der Waals surface area contributed by atoms with Gasteiger partial charge in [-0.25, -0.2) is 4.99 Å². The van der Waals surface area contributed by atoms with Crippen LogP contribution in [0.1, 0.15) is 35.1 Å². The second-order valence-electron chi connectivity index (χ2n) is 5.73. The van der Waals surface area contributed by atoms with Crippen molar-refractivity contribution in [2.24, 2.45) is 4.99 Å². The molecule has 0 saturated heterocycles. The summed E-state index contributed by atoms with van der Waals surface area (Å²) in [5, 5.41) is 6.74. The van der Waals surface area contributed by atoms with E-state index in [-0.39, 0.29) is 0 Å². The second-order valence-corrected chi connectivity index (χ2v) is 7.10. The van der Waals surface area contributed by atoms with Crippen LogP contribution in [0.15, 0.2) is 41.4 Å². The molecule has 0 spiro atoms. The van der Waals surface area contributed by atoms with Crippen LogP contribution >= 0.6 is 11.3 Å². The van der Waals surface area contributed by atoms with Crippen LogP contribution in [0, 0.1) is 6.92 Å². The Hall–Kier alpha value is -2.01. The zero-order chi connectivity index (χ0) is 17.4. The molecule has 5 heteroatoms. The molecule has 0 aliphatic rings. The molecular formula is C19H27N3OS. The minimum atomic E-state index is 0.328. The second kappa shape index (κ2) is 9.33. The Morgan fingerprint density at radius 1 is 1.21 bits per heavy atom. The third-order valence-corrected chi connectivity index (χ3v) is 4.76. The monoisotopic (exact) mass is 345 g/mol. The molecule has 24 heavy (non-hydrogen) atoms. The van der Waals surface area contributed by atoms with Crippen molar-refractivity contribution in [3.63, 3.8) is 0 Å². The van der Waals surface area contributed by atoms with Crippen LogP contribution in [0.4, 0.5) is 0 Å². The number of guanidine groups is 1. The van der Waals surface area contributed by atoms with Gasteiger partial charge in [-0.3, -0.25) is 0 Å². The zero-order valence-corrected chi connectivity index (χ0v) is 15.7. The first-order chi connectivity index (χ1) is 11.6. The Morgan fingerprint density at radius 3 is 2.67 bits per heavy atom. The molecule has 0 aliphatic carbocycles. The summed E-state index contributed by atoms with van der Waals surface area (Å²) >= 11 is 1.79. The summed E-state index contributed by atoms with van der Waals surface area (Å²) in [5.41, 5.74) is 1.21. The van der Waals surface area contributed by atoms with E-state index in [1.165, 1.54) is 15.3 Å². The Morgan fingerprint density at radius 2 is 2.00 bits per heavy atom. The van der Waals surface area contributed by atoms with Crippen LogP contribution < -0.4 is 15.4 Å². The maximum Gasteiger partial charge on any atom is 0.191 e. The van der Waals surface area contributed by atoms with Crippen LogP contribution in [0.2, 0.25) is 0 Å². The number of methoxy groups -OCH3 is 1. The summed E-state index contributed by atoms with van der Waals surface area (Å²) in [5.74, 6) is 2.11. The van der Waals surface area contributed by atoms with E-state index < -0.39 is 0 Å². The molecule has 0 amide bonds. The highest BCUT2D eigenvalue weighted by atomic mass is 32.1. The molecule has 0 fully saturated rings. The van der Waals surface area contributed by atoms with E-state index in [1.54, 1.807) is 18.4 Å². The minimum Gasteiger partial charge on any atom is -0.496 e. The van der Waals surface area contributed by atoms with Gasteiger partial charge in [-0.2, -0.15) is 0 Å². The van der Waals surface area contributed by atoms with E-state index in [4.69, 9.17) is 4.74 Å². The fraction of sp³-hybridized carbons (Fsp3) is 0.421. The molecule has 1 aromatic heterocycles. The first-order valence-electron chi connectivity index (χ1n) is 8.34. The highest BCUT2D eigenvalue weighted by molar-refractivity contribution is 7.11. The molecule has 0 radical (unpaired) electrons. The van der Waals surface area contributed by atoms with Crippen molar-refractivity contribution in [1.29, 1.82) is 0 Å². The van der Waals surface area contributed by atoms with Crippen LogP contribution in [0.25, 0.3) is 0 Å². The lowest BCUT2D eigenvalue weighted by Crippen LogP contribution is -2.39. The molecule has 1 unspecified atom stereocenters. The number of aryl methyl sites for hydroxylation is 1.